The Morgan fingerprint density at radius 1 is 1.36 bits per heavy atom. The van der Waals surface area contributed by atoms with Crippen LogP contribution in [0, 0.1) is 0 Å². The van der Waals surface area contributed by atoms with Crippen LogP contribution in [0.4, 0.5) is 0 Å². The molecule has 2 nitrogen and oxygen atoms in total. The zero-order chi connectivity index (χ0) is 10.4. The normalized spacial score (nSPS) is 10.6. The van der Waals surface area contributed by atoms with E-state index in [1.807, 2.05) is 12.2 Å². The molecule has 0 saturated carbocycles. The Labute approximate surface area is 91.4 Å². The number of allylic oxidation sites excluding steroid dienone is 1. The van der Waals surface area contributed by atoms with E-state index in [2.05, 4.69) is 15.9 Å². The number of para-hydroxylation sites is 1. The molecule has 14 heavy (non-hydrogen) atoms. The summed E-state index contributed by atoms with van der Waals surface area (Å²) in [7, 11) is 0. The monoisotopic (exact) mass is 254 g/mol. The van der Waals surface area contributed by atoms with Crippen LogP contribution in [0.1, 0.15) is 22.3 Å². The summed E-state index contributed by atoms with van der Waals surface area (Å²) in [5.41, 5.74) is 1.00. The maximum atomic E-state index is 10.5. The topological polar surface area (TPSA) is 37.3 Å². The predicted molar refractivity (Wildman–Crippen MR) is 60.9 cm³/mol. The minimum absolute atomic E-state index is 0.0494. The van der Waals surface area contributed by atoms with Crippen LogP contribution in [0.15, 0.2) is 24.3 Å². The first-order chi connectivity index (χ1) is 6.79. The molecule has 3 heteroatoms. The predicted octanol–water partition coefficient (Wildman–Crippen LogP) is 3.00. The number of halogens is 1. The lowest BCUT2D eigenvalue weighted by Crippen LogP contribution is -1.83. The highest BCUT2D eigenvalue weighted by Crippen LogP contribution is 2.22. The SMILES string of the molecule is O=Cc1cccc(C=CCCBr)c1O. The summed E-state index contributed by atoms with van der Waals surface area (Å²) < 4.78 is 0. The fourth-order valence-corrected chi connectivity index (χ4v) is 1.35. The quantitative estimate of drug-likeness (QED) is 0.663. The van der Waals surface area contributed by atoms with Gasteiger partial charge in [-0.25, -0.2) is 0 Å². The Bertz CT molecular complexity index is 345. The lowest BCUT2D eigenvalue weighted by Gasteiger charge is -2.00. The fourth-order valence-electron chi connectivity index (χ4n) is 1.08. The number of carbonyl (C=O) groups excluding carboxylic acids is 1. The number of hydrogen-bond acceptors (Lipinski definition) is 2. The van der Waals surface area contributed by atoms with Crippen molar-refractivity contribution in [2.75, 3.05) is 5.33 Å². The van der Waals surface area contributed by atoms with Crippen LogP contribution in [-0.4, -0.2) is 16.7 Å². The van der Waals surface area contributed by atoms with Gasteiger partial charge in [-0.1, -0.05) is 40.2 Å². The van der Waals surface area contributed by atoms with Gasteiger partial charge in [0.25, 0.3) is 0 Å². The molecule has 0 heterocycles. The minimum Gasteiger partial charge on any atom is -0.507 e. The third kappa shape index (κ3) is 2.70. The molecule has 0 aliphatic heterocycles. The average Bonchev–Trinajstić information content (AvgIpc) is 2.21. The molecular weight excluding hydrogens is 244 g/mol. The summed E-state index contributed by atoms with van der Waals surface area (Å²) in [4.78, 5) is 10.5. The van der Waals surface area contributed by atoms with Crippen molar-refractivity contribution in [3.63, 3.8) is 0 Å². The summed E-state index contributed by atoms with van der Waals surface area (Å²) in [5.74, 6) is 0.0494. The molecule has 0 saturated heterocycles. The van der Waals surface area contributed by atoms with Crippen molar-refractivity contribution in [3.05, 3.63) is 35.4 Å². The highest BCUT2D eigenvalue weighted by atomic mass is 79.9. The van der Waals surface area contributed by atoms with E-state index in [1.165, 1.54) is 0 Å². The van der Waals surface area contributed by atoms with Crippen molar-refractivity contribution in [3.8, 4) is 5.75 Å². The van der Waals surface area contributed by atoms with E-state index < -0.39 is 0 Å². The van der Waals surface area contributed by atoms with Crippen molar-refractivity contribution >= 4 is 28.3 Å². The second-order valence-electron chi connectivity index (χ2n) is 2.78. The molecule has 0 aromatic heterocycles. The lowest BCUT2D eigenvalue weighted by molar-refractivity contribution is 0.112. The number of carbonyl (C=O) groups is 1. The Morgan fingerprint density at radius 3 is 2.71 bits per heavy atom. The Balaban J connectivity index is 2.92. The zero-order valence-corrected chi connectivity index (χ0v) is 9.20. The van der Waals surface area contributed by atoms with Crippen LogP contribution in [-0.2, 0) is 0 Å². The largest absolute Gasteiger partial charge is 0.507 e. The molecule has 0 aliphatic rings. The second-order valence-corrected chi connectivity index (χ2v) is 3.58. The van der Waals surface area contributed by atoms with Crippen LogP contribution in [0.25, 0.3) is 6.08 Å². The summed E-state index contributed by atoms with van der Waals surface area (Å²) in [6, 6.07) is 5.11. The Morgan fingerprint density at radius 2 is 2.07 bits per heavy atom. The summed E-state index contributed by atoms with van der Waals surface area (Å²) >= 11 is 3.30. The number of aromatic hydroxyl groups is 1. The number of hydrogen-bond donors (Lipinski definition) is 1. The van der Waals surface area contributed by atoms with E-state index in [4.69, 9.17) is 0 Å². The molecule has 1 rings (SSSR count). The van der Waals surface area contributed by atoms with E-state index in [0.29, 0.717) is 17.4 Å². The summed E-state index contributed by atoms with van der Waals surface area (Å²) in [5, 5.41) is 10.5. The maximum absolute atomic E-state index is 10.5. The molecule has 0 fully saturated rings. The van der Waals surface area contributed by atoms with Crippen LogP contribution in [0.5, 0.6) is 5.75 Å². The van der Waals surface area contributed by atoms with Crippen molar-refractivity contribution < 1.29 is 9.90 Å². The first-order valence-electron chi connectivity index (χ1n) is 4.29. The molecule has 0 radical (unpaired) electrons. The minimum atomic E-state index is 0.0494. The van der Waals surface area contributed by atoms with Gasteiger partial charge in [0.05, 0.1) is 5.56 Å². The van der Waals surface area contributed by atoms with E-state index in [-0.39, 0.29) is 5.75 Å². The van der Waals surface area contributed by atoms with Crippen LogP contribution < -0.4 is 0 Å². The van der Waals surface area contributed by atoms with Crippen LogP contribution in [0.3, 0.4) is 0 Å². The molecule has 1 N–H and O–H groups in total. The molecule has 0 atom stereocenters. The number of alkyl halides is 1. The van der Waals surface area contributed by atoms with Gasteiger partial charge < -0.3 is 5.11 Å². The molecule has 74 valence electrons. The van der Waals surface area contributed by atoms with Crippen molar-refractivity contribution in [2.24, 2.45) is 0 Å². The molecule has 0 amide bonds. The average molecular weight is 255 g/mol. The van der Waals surface area contributed by atoms with Crippen molar-refractivity contribution in [1.29, 1.82) is 0 Å². The number of benzene rings is 1. The fraction of sp³-hybridized carbons (Fsp3) is 0.182. The molecule has 1 aromatic carbocycles. The van der Waals surface area contributed by atoms with Gasteiger partial charge in [0, 0.05) is 10.9 Å². The molecular formula is C11H11BrO2. The first kappa shape index (κ1) is 11.0. The Kier molecular flexibility index (Phi) is 4.40. The number of aldehydes is 1. The van der Waals surface area contributed by atoms with Gasteiger partial charge in [-0.2, -0.15) is 0 Å². The molecule has 0 spiro atoms. The Hall–Kier alpha value is -1.09. The lowest BCUT2D eigenvalue weighted by atomic mass is 10.1. The number of rotatable bonds is 4. The van der Waals surface area contributed by atoms with E-state index in [0.717, 1.165) is 11.8 Å². The van der Waals surface area contributed by atoms with Crippen LogP contribution in [0.2, 0.25) is 0 Å². The van der Waals surface area contributed by atoms with Gasteiger partial charge in [0.1, 0.15) is 5.75 Å². The molecule has 0 aliphatic carbocycles. The highest BCUT2D eigenvalue weighted by molar-refractivity contribution is 9.09. The first-order valence-corrected chi connectivity index (χ1v) is 5.41. The van der Waals surface area contributed by atoms with Crippen molar-refractivity contribution in [1.82, 2.24) is 0 Å². The van der Waals surface area contributed by atoms with Gasteiger partial charge >= 0.3 is 0 Å². The van der Waals surface area contributed by atoms with Gasteiger partial charge in [-0.15, -0.1) is 0 Å². The molecule has 0 unspecified atom stereocenters. The summed E-state index contributed by atoms with van der Waals surface area (Å²) in [6.07, 6.45) is 5.30. The number of phenols is 1. The third-order valence-electron chi connectivity index (χ3n) is 1.80. The highest BCUT2D eigenvalue weighted by Gasteiger charge is 2.02. The smallest absolute Gasteiger partial charge is 0.153 e. The zero-order valence-electron chi connectivity index (χ0n) is 7.61. The number of phenolic OH excluding ortho intramolecular Hbond substituents is 1. The van der Waals surface area contributed by atoms with E-state index in [9.17, 15) is 9.90 Å². The van der Waals surface area contributed by atoms with E-state index in [1.54, 1.807) is 18.2 Å². The third-order valence-corrected chi connectivity index (χ3v) is 2.26. The second kappa shape index (κ2) is 5.60. The summed E-state index contributed by atoms with van der Waals surface area (Å²) in [6.45, 7) is 0. The van der Waals surface area contributed by atoms with Gasteiger partial charge in [-0.05, 0) is 12.5 Å². The maximum Gasteiger partial charge on any atom is 0.153 e. The molecule has 0 bridgehead atoms. The van der Waals surface area contributed by atoms with E-state index >= 15 is 0 Å². The molecule has 1 aromatic rings. The van der Waals surface area contributed by atoms with Gasteiger partial charge in [0.2, 0.25) is 0 Å². The van der Waals surface area contributed by atoms with Crippen molar-refractivity contribution in [2.45, 2.75) is 6.42 Å². The van der Waals surface area contributed by atoms with Gasteiger partial charge in [0.15, 0.2) is 6.29 Å². The van der Waals surface area contributed by atoms with Gasteiger partial charge in [-0.3, -0.25) is 4.79 Å². The standard InChI is InChI=1S/C11H11BrO2/c12-7-2-1-4-9-5-3-6-10(8-13)11(9)14/h1,3-6,8,14H,2,7H2. The van der Waals surface area contributed by atoms with Crippen LogP contribution >= 0.6 is 15.9 Å².